The van der Waals surface area contributed by atoms with E-state index in [4.69, 9.17) is 16.3 Å². The Hall–Kier alpha value is -2.29. The maximum absolute atomic E-state index is 12.1. The van der Waals surface area contributed by atoms with Crippen molar-refractivity contribution in [2.24, 2.45) is 0 Å². The minimum Gasteiger partial charge on any atom is -0.495 e. The zero-order chi connectivity index (χ0) is 20.1. The van der Waals surface area contributed by atoms with Crippen LogP contribution in [-0.2, 0) is 21.2 Å². The number of benzene rings is 2. The molecule has 2 aromatic rings. The van der Waals surface area contributed by atoms with Crippen molar-refractivity contribution in [3.05, 3.63) is 53.1 Å². The highest BCUT2D eigenvalue weighted by atomic mass is 35.5. The highest BCUT2D eigenvalue weighted by molar-refractivity contribution is 7.89. The Morgan fingerprint density at radius 2 is 1.89 bits per heavy atom. The molecule has 3 rings (SSSR count). The number of hydrogen-bond acceptors (Lipinski definition) is 5. The zero-order valence-electron chi connectivity index (χ0n) is 15.4. The molecule has 2 aromatic carbocycles. The van der Waals surface area contributed by atoms with E-state index in [1.54, 1.807) is 31.4 Å². The van der Waals surface area contributed by atoms with Gasteiger partial charge in [0.05, 0.1) is 22.7 Å². The zero-order valence-corrected chi connectivity index (χ0v) is 16.9. The van der Waals surface area contributed by atoms with Gasteiger partial charge in [-0.25, -0.2) is 13.1 Å². The lowest BCUT2D eigenvalue weighted by molar-refractivity contribution is -0.120. The fraction of sp³-hybridized carbons (Fsp3) is 0.316. The van der Waals surface area contributed by atoms with Gasteiger partial charge in [0, 0.05) is 12.5 Å². The first kappa shape index (κ1) is 20.4. The fourth-order valence-corrected chi connectivity index (χ4v) is 4.12. The molecular formula is C19H22ClN3O4S. The first-order valence-corrected chi connectivity index (χ1v) is 10.7. The molecule has 0 aromatic heterocycles. The van der Waals surface area contributed by atoms with Crippen molar-refractivity contribution >= 4 is 33.2 Å². The molecule has 9 heteroatoms. The van der Waals surface area contributed by atoms with Crippen molar-refractivity contribution in [1.29, 1.82) is 0 Å². The van der Waals surface area contributed by atoms with Crippen LogP contribution in [0, 0.1) is 0 Å². The number of rotatable bonds is 9. The second-order valence-corrected chi connectivity index (χ2v) is 8.68. The van der Waals surface area contributed by atoms with Gasteiger partial charge in [-0.05, 0) is 61.2 Å². The lowest BCUT2D eigenvalue weighted by atomic mass is 10.1. The Kier molecular flexibility index (Phi) is 6.43. The number of amides is 1. The molecule has 1 saturated carbocycles. The monoisotopic (exact) mass is 423 g/mol. The maximum Gasteiger partial charge on any atom is 0.240 e. The molecule has 1 amide bonds. The topological polar surface area (TPSA) is 96.5 Å². The first-order chi connectivity index (χ1) is 13.4. The van der Waals surface area contributed by atoms with Gasteiger partial charge in [0.25, 0.3) is 0 Å². The highest BCUT2D eigenvalue weighted by Crippen LogP contribution is 2.25. The number of ether oxygens (including phenoxy) is 1. The fourth-order valence-electron chi connectivity index (χ4n) is 2.53. The highest BCUT2D eigenvalue weighted by Gasteiger charge is 2.27. The first-order valence-electron chi connectivity index (χ1n) is 8.87. The molecule has 0 unspecified atom stereocenters. The minimum atomic E-state index is -3.48. The Morgan fingerprint density at radius 3 is 2.50 bits per heavy atom. The quantitative estimate of drug-likeness (QED) is 0.539. The molecule has 1 aliphatic rings. The van der Waals surface area contributed by atoms with Crippen LogP contribution < -0.4 is 20.3 Å². The van der Waals surface area contributed by atoms with Gasteiger partial charge in [0.1, 0.15) is 5.75 Å². The number of carbonyl (C=O) groups excluding carboxylic acids is 1. The molecule has 0 saturated heterocycles. The van der Waals surface area contributed by atoms with E-state index in [1.165, 1.54) is 12.1 Å². The Balaban J connectivity index is 1.47. The largest absolute Gasteiger partial charge is 0.495 e. The second-order valence-electron chi connectivity index (χ2n) is 6.56. The molecule has 1 aliphatic carbocycles. The number of sulfonamides is 1. The average Bonchev–Trinajstić information content (AvgIpc) is 3.48. The van der Waals surface area contributed by atoms with Crippen molar-refractivity contribution in [3.63, 3.8) is 0 Å². The lowest BCUT2D eigenvalue weighted by Crippen LogP contribution is -2.29. The number of aryl methyl sites for hydroxylation is 1. The molecule has 0 radical (unpaired) electrons. The van der Waals surface area contributed by atoms with E-state index >= 15 is 0 Å². The van der Waals surface area contributed by atoms with Crippen LogP contribution in [0.1, 0.15) is 24.8 Å². The normalized spacial score (nSPS) is 13.8. The molecule has 0 heterocycles. The van der Waals surface area contributed by atoms with E-state index in [2.05, 4.69) is 15.6 Å². The van der Waals surface area contributed by atoms with Crippen molar-refractivity contribution in [1.82, 2.24) is 10.1 Å². The summed E-state index contributed by atoms with van der Waals surface area (Å²) in [5.74, 6) is 0.397. The van der Waals surface area contributed by atoms with Gasteiger partial charge in [-0.15, -0.1) is 0 Å². The number of methoxy groups -OCH3 is 1. The van der Waals surface area contributed by atoms with Crippen LogP contribution in [0.15, 0.2) is 47.4 Å². The summed E-state index contributed by atoms with van der Waals surface area (Å²) in [7, 11) is -1.93. The predicted molar refractivity (Wildman–Crippen MR) is 108 cm³/mol. The number of anilines is 1. The number of hydrogen-bond donors (Lipinski definition) is 3. The van der Waals surface area contributed by atoms with Crippen LogP contribution in [0.25, 0.3) is 0 Å². The van der Waals surface area contributed by atoms with Gasteiger partial charge in [0.15, 0.2) is 0 Å². The lowest BCUT2D eigenvalue weighted by Gasteiger charge is -2.10. The summed E-state index contributed by atoms with van der Waals surface area (Å²) in [6.07, 6.45) is 2.57. The van der Waals surface area contributed by atoms with Gasteiger partial charge in [-0.2, -0.15) is 0 Å². The van der Waals surface area contributed by atoms with Crippen LogP contribution in [0.2, 0.25) is 5.02 Å². The molecule has 28 heavy (non-hydrogen) atoms. The Bertz CT molecular complexity index is 944. The van der Waals surface area contributed by atoms with Gasteiger partial charge in [-0.3, -0.25) is 15.6 Å². The van der Waals surface area contributed by atoms with E-state index < -0.39 is 10.0 Å². The smallest absolute Gasteiger partial charge is 0.240 e. The van der Waals surface area contributed by atoms with Crippen molar-refractivity contribution in [3.8, 4) is 5.75 Å². The SMILES string of the molecule is COc1ccc(CCC(=O)NNc2ccc(S(=O)(=O)NC3CC3)cc2)cc1Cl. The predicted octanol–water partition coefficient (Wildman–Crippen LogP) is 2.87. The minimum absolute atomic E-state index is 0.0580. The summed E-state index contributed by atoms with van der Waals surface area (Å²) < 4.78 is 32.0. The molecule has 1 fully saturated rings. The Morgan fingerprint density at radius 1 is 1.18 bits per heavy atom. The van der Waals surface area contributed by atoms with Crippen LogP contribution in [0.5, 0.6) is 5.75 Å². The summed E-state index contributed by atoms with van der Waals surface area (Å²) in [4.78, 5) is 12.2. The molecule has 150 valence electrons. The van der Waals surface area contributed by atoms with Crippen molar-refractivity contribution < 1.29 is 17.9 Å². The van der Waals surface area contributed by atoms with Gasteiger partial charge < -0.3 is 4.74 Å². The summed E-state index contributed by atoms with van der Waals surface area (Å²) in [5, 5.41) is 0.504. The second kappa shape index (κ2) is 8.81. The molecule has 0 spiro atoms. The van der Waals surface area contributed by atoms with Gasteiger partial charge >= 0.3 is 0 Å². The summed E-state index contributed by atoms with van der Waals surface area (Å²) in [6.45, 7) is 0. The molecular weight excluding hydrogens is 402 g/mol. The summed E-state index contributed by atoms with van der Waals surface area (Å²) in [5.41, 5.74) is 6.89. The van der Waals surface area contributed by atoms with Crippen LogP contribution >= 0.6 is 11.6 Å². The number of hydrazine groups is 1. The van der Waals surface area contributed by atoms with Gasteiger partial charge in [-0.1, -0.05) is 17.7 Å². The van der Waals surface area contributed by atoms with Crippen molar-refractivity contribution in [2.45, 2.75) is 36.6 Å². The number of carbonyl (C=O) groups is 1. The van der Waals surface area contributed by atoms with E-state index in [-0.39, 0.29) is 23.3 Å². The average molecular weight is 424 g/mol. The van der Waals surface area contributed by atoms with Crippen LogP contribution in [0.3, 0.4) is 0 Å². The third-order valence-corrected chi connectivity index (χ3v) is 6.10. The number of halogens is 1. The molecule has 3 N–H and O–H groups in total. The van der Waals surface area contributed by atoms with E-state index in [0.29, 0.717) is 22.9 Å². The molecule has 7 nitrogen and oxygen atoms in total. The van der Waals surface area contributed by atoms with Crippen LogP contribution in [-0.4, -0.2) is 27.5 Å². The number of nitrogens with one attached hydrogen (secondary N) is 3. The summed E-state index contributed by atoms with van der Waals surface area (Å²) >= 11 is 6.08. The third kappa shape index (κ3) is 5.60. The molecule has 0 atom stereocenters. The molecule has 0 bridgehead atoms. The van der Waals surface area contributed by atoms with E-state index in [1.807, 2.05) is 6.07 Å². The Labute approximate surface area is 169 Å². The van der Waals surface area contributed by atoms with E-state index in [0.717, 1.165) is 18.4 Å². The van der Waals surface area contributed by atoms with E-state index in [9.17, 15) is 13.2 Å². The van der Waals surface area contributed by atoms with Crippen molar-refractivity contribution in [2.75, 3.05) is 12.5 Å². The third-order valence-electron chi connectivity index (χ3n) is 4.27. The standard InChI is InChI=1S/C19H22ClN3O4S/c1-27-18-10-2-13(12-17(18)20)3-11-19(24)22-21-14-6-8-16(9-7-14)28(25,26)23-15-4-5-15/h2,6-10,12,15,21,23H,3-5,11H2,1H3,(H,22,24). The van der Waals surface area contributed by atoms with Crippen LogP contribution in [0.4, 0.5) is 5.69 Å². The maximum atomic E-state index is 12.1. The summed E-state index contributed by atoms with van der Waals surface area (Å²) in [6, 6.07) is 11.7. The van der Waals surface area contributed by atoms with Gasteiger partial charge in [0.2, 0.25) is 15.9 Å². The molecule has 0 aliphatic heterocycles.